The van der Waals surface area contributed by atoms with Crippen molar-refractivity contribution < 1.29 is 13.5 Å². The van der Waals surface area contributed by atoms with Crippen LogP contribution in [0, 0.1) is 5.82 Å². The van der Waals surface area contributed by atoms with E-state index in [1.807, 2.05) is 37.3 Å². The molecular weight excluding hydrogens is 269 g/mol. The van der Waals surface area contributed by atoms with Crippen molar-refractivity contribution in [1.82, 2.24) is 0 Å². The molecule has 0 aliphatic heterocycles. The van der Waals surface area contributed by atoms with Crippen LogP contribution in [-0.4, -0.2) is 6.61 Å². The van der Waals surface area contributed by atoms with Crippen LogP contribution in [0.15, 0.2) is 52.9 Å². The maximum absolute atomic E-state index is 13.7. The molecule has 3 nitrogen and oxygen atoms in total. The molecule has 0 saturated carbocycles. The molecule has 21 heavy (non-hydrogen) atoms. The normalized spacial score (nSPS) is 10.8. The zero-order valence-corrected chi connectivity index (χ0v) is 11.7. The summed E-state index contributed by atoms with van der Waals surface area (Å²) < 4.78 is 24.6. The average Bonchev–Trinajstić information content (AvgIpc) is 2.90. The Morgan fingerprint density at radius 3 is 2.76 bits per heavy atom. The van der Waals surface area contributed by atoms with Crippen LogP contribution < -0.4 is 10.1 Å². The second kappa shape index (κ2) is 5.87. The number of ether oxygens (including phenoxy) is 1. The van der Waals surface area contributed by atoms with Gasteiger partial charge in [-0.2, -0.15) is 0 Å². The van der Waals surface area contributed by atoms with Crippen LogP contribution in [0.3, 0.4) is 0 Å². The van der Waals surface area contributed by atoms with Crippen molar-refractivity contribution in [2.24, 2.45) is 0 Å². The zero-order valence-electron chi connectivity index (χ0n) is 11.7. The molecule has 0 aliphatic carbocycles. The minimum atomic E-state index is -0.369. The Bertz CT molecular complexity index is 718. The van der Waals surface area contributed by atoms with E-state index in [9.17, 15) is 4.39 Å². The summed E-state index contributed by atoms with van der Waals surface area (Å²) in [4.78, 5) is 0. The van der Waals surface area contributed by atoms with Crippen LogP contribution >= 0.6 is 0 Å². The first-order chi connectivity index (χ1) is 10.3. The van der Waals surface area contributed by atoms with E-state index in [2.05, 4.69) is 5.32 Å². The highest BCUT2D eigenvalue weighted by atomic mass is 19.1. The molecule has 4 heteroatoms. The topological polar surface area (TPSA) is 34.4 Å². The molecule has 0 fully saturated rings. The molecule has 0 aliphatic rings. The lowest BCUT2D eigenvalue weighted by molar-refractivity contribution is 0.321. The molecule has 2 aromatic carbocycles. The third-order valence-electron chi connectivity index (χ3n) is 3.18. The van der Waals surface area contributed by atoms with Gasteiger partial charge in [-0.05, 0) is 31.2 Å². The predicted molar refractivity (Wildman–Crippen MR) is 81.1 cm³/mol. The fourth-order valence-electron chi connectivity index (χ4n) is 2.20. The van der Waals surface area contributed by atoms with Crippen LogP contribution in [0.5, 0.6) is 5.75 Å². The van der Waals surface area contributed by atoms with Crippen molar-refractivity contribution in [2.45, 2.75) is 13.5 Å². The lowest BCUT2D eigenvalue weighted by Gasteiger charge is -2.08. The Labute approximate surface area is 122 Å². The van der Waals surface area contributed by atoms with Gasteiger partial charge < -0.3 is 14.5 Å². The van der Waals surface area contributed by atoms with Gasteiger partial charge in [0.05, 0.1) is 13.2 Å². The third kappa shape index (κ3) is 2.99. The molecule has 3 aromatic rings. The van der Waals surface area contributed by atoms with Gasteiger partial charge >= 0.3 is 0 Å². The van der Waals surface area contributed by atoms with Gasteiger partial charge in [-0.1, -0.05) is 18.2 Å². The number of anilines is 1. The Hall–Kier alpha value is -2.49. The van der Waals surface area contributed by atoms with E-state index in [0.29, 0.717) is 18.8 Å². The maximum Gasteiger partial charge on any atom is 0.167 e. The van der Waals surface area contributed by atoms with Gasteiger partial charge in [-0.3, -0.25) is 0 Å². The number of para-hydroxylation sites is 1. The molecule has 3 rings (SSSR count). The number of halogens is 1. The van der Waals surface area contributed by atoms with Gasteiger partial charge in [-0.25, -0.2) is 4.39 Å². The lowest BCUT2D eigenvalue weighted by atomic mass is 10.2. The van der Waals surface area contributed by atoms with Crippen LogP contribution in [0.2, 0.25) is 0 Å². The number of hydrogen-bond donors (Lipinski definition) is 1. The van der Waals surface area contributed by atoms with Crippen LogP contribution in [0.4, 0.5) is 10.1 Å². The van der Waals surface area contributed by atoms with Gasteiger partial charge in [-0.15, -0.1) is 0 Å². The molecule has 0 atom stereocenters. The van der Waals surface area contributed by atoms with E-state index in [1.54, 1.807) is 12.1 Å². The van der Waals surface area contributed by atoms with Crippen molar-refractivity contribution in [3.63, 3.8) is 0 Å². The Morgan fingerprint density at radius 2 is 2.00 bits per heavy atom. The molecule has 108 valence electrons. The van der Waals surface area contributed by atoms with Crippen LogP contribution in [0.1, 0.15) is 12.7 Å². The molecule has 0 amide bonds. The molecule has 1 aromatic heterocycles. The summed E-state index contributed by atoms with van der Waals surface area (Å²) in [5, 5.41) is 4.20. The van der Waals surface area contributed by atoms with Crippen molar-refractivity contribution >= 4 is 16.7 Å². The van der Waals surface area contributed by atoms with E-state index in [4.69, 9.17) is 9.15 Å². The highest BCUT2D eigenvalue weighted by Crippen LogP contribution is 2.23. The van der Waals surface area contributed by atoms with Gasteiger partial charge in [0.25, 0.3) is 0 Å². The van der Waals surface area contributed by atoms with E-state index < -0.39 is 0 Å². The Morgan fingerprint density at radius 1 is 1.14 bits per heavy atom. The van der Waals surface area contributed by atoms with Crippen molar-refractivity contribution in [3.05, 3.63) is 60.1 Å². The van der Waals surface area contributed by atoms with Crippen molar-refractivity contribution in [3.8, 4) is 5.75 Å². The van der Waals surface area contributed by atoms with Gasteiger partial charge in [0, 0.05) is 17.1 Å². The summed E-state index contributed by atoms with van der Waals surface area (Å²) in [5.41, 5.74) is 1.54. The molecule has 0 radical (unpaired) electrons. The van der Waals surface area contributed by atoms with Crippen molar-refractivity contribution in [2.75, 3.05) is 11.9 Å². The first kappa shape index (κ1) is 13.5. The number of nitrogens with one attached hydrogen (secondary N) is 1. The summed E-state index contributed by atoms with van der Waals surface area (Å²) in [7, 11) is 0. The first-order valence-electron chi connectivity index (χ1n) is 6.90. The fraction of sp³-hybridized carbons (Fsp3) is 0.176. The molecule has 0 spiro atoms. The molecule has 1 heterocycles. The highest BCUT2D eigenvalue weighted by Gasteiger charge is 2.06. The van der Waals surface area contributed by atoms with Crippen molar-refractivity contribution in [1.29, 1.82) is 0 Å². The predicted octanol–water partition coefficient (Wildman–Crippen LogP) is 4.58. The zero-order chi connectivity index (χ0) is 14.7. The van der Waals surface area contributed by atoms with Crippen LogP contribution in [-0.2, 0) is 6.54 Å². The van der Waals surface area contributed by atoms with Gasteiger partial charge in [0.2, 0.25) is 0 Å². The minimum Gasteiger partial charge on any atom is -0.491 e. The summed E-state index contributed by atoms with van der Waals surface area (Å²) in [5.74, 6) is 0.712. The third-order valence-corrected chi connectivity index (χ3v) is 3.18. The number of hydrogen-bond acceptors (Lipinski definition) is 3. The second-order valence-corrected chi connectivity index (χ2v) is 4.68. The minimum absolute atomic E-state index is 0.270. The largest absolute Gasteiger partial charge is 0.491 e. The number of fused-ring (bicyclic) bond motifs is 1. The average molecular weight is 285 g/mol. The summed E-state index contributed by atoms with van der Waals surface area (Å²) in [6.45, 7) is 2.78. The monoisotopic (exact) mass is 285 g/mol. The quantitative estimate of drug-likeness (QED) is 0.745. The number of furan rings is 1. The first-order valence-corrected chi connectivity index (χ1v) is 6.90. The molecular formula is C17H16FNO2. The van der Waals surface area contributed by atoms with Gasteiger partial charge in [0.1, 0.15) is 11.3 Å². The molecule has 1 N–H and O–H groups in total. The van der Waals surface area contributed by atoms with E-state index in [-0.39, 0.29) is 11.6 Å². The molecule has 0 unspecified atom stereocenters. The number of benzene rings is 2. The Kier molecular flexibility index (Phi) is 3.77. The second-order valence-electron chi connectivity index (χ2n) is 4.68. The Balaban J connectivity index is 1.70. The SMILES string of the molecule is CCOc1ccc(NCc2cc3ccccc3o2)cc1F. The molecule has 0 saturated heterocycles. The van der Waals surface area contributed by atoms with E-state index >= 15 is 0 Å². The van der Waals surface area contributed by atoms with E-state index in [1.165, 1.54) is 6.07 Å². The van der Waals surface area contributed by atoms with Gasteiger partial charge in [0.15, 0.2) is 11.6 Å². The fourth-order valence-corrected chi connectivity index (χ4v) is 2.20. The lowest BCUT2D eigenvalue weighted by Crippen LogP contribution is -2.00. The molecule has 0 bridgehead atoms. The summed E-state index contributed by atoms with van der Waals surface area (Å²) >= 11 is 0. The van der Waals surface area contributed by atoms with Crippen LogP contribution in [0.25, 0.3) is 11.0 Å². The summed E-state index contributed by atoms with van der Waals surface area (Å²) in [6, 6.07) is 14.6. The standard InChI is InChI=1S/C17H16FNO2/c1-2-20-17-8-7-13(10-15(17)18)19-11-14-9-12-5-3-4-6-16(12)21-14/h3-10,19H,2,11H2,1H3. The maximum atomic E-state index is 13.7. The van der Waals surface area contributed by atoms with E-state index in [0.717, 1.165) is 16.7 Å². The highest BCUT2D eigenvalue weighted by molar-refractivity contribution is 5.77. The summed E-state index contributed by atoms with van der Waals surface area (Å²) in [6.07, 6.45) is 0. The number of rotatable bonds is 5. The smallest absolute Gasteiger partial charge is 0.167 e.